The maximum atomic E-state index is 10.4. The Labute approximate surface area is 170 Å². The molecule has 1 aliphatic rings. The Morgan fingerprint density at radius 3 is 1.84 bits per heavy atom. The van der Waals surface area contributed by atoms with E-state index in [1.165, 1.54) is 19.3 Å². The van der Waals surface area contributed by atoms with Gasteiger partial charge in [0.1, 0.15) is 0 Å². The molecule has 1 amide bonds. The van der Waals surface area contributed by atoms with Crippen LogP contribution in [0.3, 0.4) is 0 Å². The van der Waals surface area contributed by atoms with Gasteiger partial charge in [-0.15, -0.1) is 0 Å². The zero-order valence-electron chi connectivity index (χ0n) is 16.3. The van der Waals surface area contributed by atoms with Gasteiger partial charge in [0.15, 0.2) is 0 Å². The summed E-state index contributed by atoms with van der Waals surface area (Å²) in [6, 6.07) is 0.142. The van der Waals surface area contributed by atoms with Crippen molar-refractivity contribution >= 4 is 24.9 Å². The van der Waals surface area contributed by atoms with Crippen molar-refractivity contribution < 1.29 is 31.5 Å². The molecule has 1 aliphatic carbocycles. The molecule has 25 heavy (non-hydrogen) atoms. The molecule has 0 saturated heterocycles. The molecule has 2 atom stereocenters. The summed E-state index contributed by atoms with van der Waals surface area (Å²) in [7, 11) is 10.8. The van der Waals surface area contributed by atoms with E-state index in [1.54, 1.807) is 0 Å². The molecule has 0 aromatic carbocycles. The minimum atomic E-state index is -0.954. The molecule has 0 heterocycles. The van der Waals surface area contributed by atoms with Crippen LogP contribution in [0.15, 0.2) is 0 Å². The summed E-state index contributed by atoms with van der Waals surface area (Å²) in [6.45, 7) is 14.0. The Morgan fingerprint density at radius 2 is 1.60 bits per heavy atom. The predicted octanol–water partition coefficient (Wildman–Crippen LogP) is 5.89. The molecule has 0 spiro atoms. The van der Waals surface area contributed by atoms with Crippen molar-refractivity contribution in [3.05, 3.63) is 12.7 Å². The number of hydrogen-bond donors (Lipinski definition) is 3. The van der Waals surface area contributed by atoms with Gasteiger partial charge in [0.2, 0.25) is 0 Å². The monoisotopic (exact) mass is 581 g/mol. The molecule has 1 saturated carbocycles. The van der Waals surface area contributed by atoms with Crippen LogP contribution in [-0.4, -0.2) is 35.0 Å². The van der Waals surface area contributed by atoms with Crippen molar-refractivity contribution in [3.63, 3.8) is 0 Å². The van der Waals surface area contributed by atoms with E-state index in [0.717, 1.165) is 20.0 Å². The number of amides is 1. The van der Waals surface area contributed by atoms with Gasteiger partial charge in [0, 0.05) is 12.6 Å². The van der Waals surface area contributed by atoms with Gasteiger partial charge >= 0.3 is 41.4 Å². The van der Waals surface area contributed by atoms with E-state index in [9.17, 15) is 4.79 Å². The number of carbonyl (C=O) groups is 1. The Bertz CT molecular complexity index is 318. The quantitative estimate of drug-likeness (QED) is 0.355. The van der Waals surface area contributed by atoms with Gasteiger partial charge in [0.05, 0.1) is 0 Å². The number of carboxylic acid groups (broad SMARTS) is 1. The third-order valence-corrected chi connectivity index (χ3v) is 3.33. The second kappa shape index (κ2) is 16.6. The fourth-order valence-corrected chi connectivity index (χ4v) is 2.87. The average molecular weight is 582 g/mol. The Balaban J connectivity index is -0.000000319. The summed E-state index contributed by atoms with van der Waals surface area (Å²) < 4.78 is 0. The number of halogens is 2. The van der Waals surface area contributed by atoms with Crippen LogP contribution in [0, 0.1) is 18.3 Å². The fourth-order valence-electron chi connectivity index (χ4n) is 2.87. The van der Waals surface area contributed by atoms with E-state index >= 15 is 0 Å². The van der Waals surface area contributed by atoms with Crippen LogP contribution >= 0.6 is 18.8 Å². The number of rotatable bonds is 2. The molecule has 0 aromatic heterocycles. The normalized spacial score (nSPS) is 20.0. The van der Waals surface area contributed by atoms with Crippen LogP contribution in [0.1, 0.15) is 66.7 Å². The molecule has 0 radical (unpaired) electrons. The van der Waals surface area contributed by atoms with Crippen molar-refractivity contribution in [2.45, 2.75) is 78.3 Å². The zero-order chi connectivity index (χ0) is 20.7. The van der Waals surface area contributed by atoms with Crippen molar-refractivity contribution in [2.24, 2.45) is 11.3 Å². The number of aliphatic hydroxyl groups excluding tert-OH is 1. The Hall–Kier alpha value is 0.458. The minimum absolute atomic E-state index is 0.142. The molecule has 8 heteroatoms. The van der Waals surface area contributed by atoms with Gasteiger partial charge in [-0.3, -0.25) is 0 Å². The van der Waals surface area contributed by atoms with Crippen LogP contribution in [0.4, 0.5) is 4.79 Å². The van der Waals surface area contributed by atoms with Crippen LogP contribution < -0.4 is 5.32 Å². The maximum absolute atomic E-state index is 10.4. The summed E-state index contributed by atoms with van der Waals surface area (Å²) in [5.74, 6) is 0.420. The predicted molar refractivity (Wildman–Crippen MR) is 105 cm³/mol. The van der Waals surface area contributed by atoms with E-state index in [1.807, 2.05) is 13.8 Å². The van der Waals surface area contributed by atoms with Crippen LogP contribution in [-0.2, 0) is 16.5 Å². The van der Waals surface area contributed by atoms with Gasteiger partial charge in [-0.1, -0.05) is 46.5 Å². The van der Waals surface area contributed by atoms with Crippen molar-refractivity contribution in [2.75, 3.05) is 7.11 Å². The SMILES string of the molecule is CC(C)(C)CC(C)(C)NC(=O)O.CO.[CH2-][C@@H]1CCCC[C@H]1[NH-].[Cl][Pt+2][Cl]. The van der Waals surface area contributed by atoms with Crippen LogP contribution in [0.5, 0.6) is 0 Å². The van der Waals surface area contributed by atoms with E-state index in [4.69, 9.17) is 34.8 Å². The van der Waals surface area contributed by atoms with Crippen molar-refractivity contribution in [1.82, 2.24) is 5.32 Å². The second-order valence-electron chi connectivity index (χ2n) is 7.75. The Kier molecular flexibility index (Phi) is 20.1. The van der Waals surface area contributed by atoms with Gasteiger partial charge in [0.25, 0.3) is 0 Å². The molecule has 4 N–H and O–H groups in total. The molecule has 0 unspecified atom stereocenters. The van der Waals surface area contributed by atoms with E-state index in [-0.39, 0.29) is 17.0 Å². The third kappa shape index (κ3) is 24.5. The fraction of sp³-hybridized carbons (Fsp3) is 0.882. The van der Waals surface area contributed by atoms with Gasteiger partial charge in [-0.25, -0.2) is 4.79 Å². The van der Waals surface area contributed by atoms with Crippen molar-refractivity contribution in [1.29, 1.82) is 0 Å². The number of nitrogens with one attached hydrogen (secondary N) is 2. The zero-order valence-corrected chi connectivity index (χ0v) is 20.1. The summed E-state index contributed by atoms with van der Waals surface area (Å²) in [6.07, 6.45) is 4.67. The van der Waals surface area contributed by atoms with Crippen LogP contribution in [0.25, 0.3) is 5.73 Å². The molecule has 1 rings (SSSR count). The number of aliphatic hydroxyl groups is 1. The summed E-state index contributed by atoms with van der Waals surface area (Å²) in [5.41, 5.74) is 7.22. The number of hydrogen-bond acceptors (Lipinski definition) is 2. The third-order valence-electron chi connectivity index (χ3n) is 3.33. The average Bonchev–Trinajstić information content (AvgIpc) is 2.42. The summed E-state index contributed by atoms with van der Waals surface area (Å²) in [4.78, 5) is 10.4. The standard InChI is InChI=1S/C9H19NO2.C7H13N.CH4O.2ClH.Pt/c1-8(2,3)6-9(4,5)10-7(11)12;1-6-4-2-3-5-7(6)8;1-2;;;/h10H,6H2,1-5H3,(H,11,12);6-8H,1-5H2;2H,1H3;2*1H;/q;-2;;;;+4/p-2/t;6-,7-;;;;/m.1..../s1. The molecule has 156 valence electrons. The molecule has 5 nitrogen and oxygen atoms in total. The van der Waals surface area contributed by atoms with E-state index in [2.05, 4.69) is 33.0 Å². The first kappa shape index (κ1) is 30.2. The van der Waals surface area contributed by atoms with Gasteiger partial charge in [-0.2, -0.15) is 12.0 Å². The molecule has 0 aliphatic heterocycles. The first-order valence-corrected chi connectivity index (χ1v) is 13.8. The van der Waals surface area contributed by atoms with E-state index in [0.29, 0.717) is 5.92 Å². The van der Waals surface area contributed by atoms with Gasteiger partial charge < -0.3 is 28.2 Å². The topological polar surface area (TPSA) is 93.4 Å². The van der Waals surface area contributed by atoms with E-state index < -0.39 is 22.6 Å². The molecular weight excluding hydrogens is 546 g/mol. The molecule has 0 bridgehead atoms. The molecule has 0 aromatic rings. The molecular formula is C17H36Cl2N2O3Pt. The van der Waals surface area contributed by atoms with Gasteiger partial charge in [-0.05, 0) is 25.7 Å². The summed E-state index contributed by atoms with van der Waals surface area (Å²) in [5, 5.41) is 18.0. The summed E-state index contributed by atoms with van der Waals surface area (Å²) >= 11 is -0.472. The van der Waals surface area contributed by atoms with Crippen LogP contribution in [0.2, 0.25) is 0 Å². The van der Waals surface area contributed by atoms with Crippen molar-refractivity contribution in [3.8, 4) is 0 Å². The molecule has 1 fully saturated rings. The first-order valence-electron chi connectivity index (χ1n) is 8.17. The second-order valence-corrected chi connectivity index (χ2v) is 11.0. The first-order chi connectivity index (χ1) is 11.3. The Morgan fingerprint density at radius 1 is 1.20 bits per heavy atom.